The van der Waals surface area contributed by atoms with Crippen LogP contribution >= 0.6 is 0 Å². The van der Waals surface area contributed by atoms with Gasteiger partial charge in [0.05, 0.1) is 18.5 Å². The van der Waals surface area contributed by atoms with Gasteiger partial charge in [0.15, 0.2) is 0 Å². The van der Waals surface area contributed by atoms with Crippen LogP contribution in [0, 0.1) is 6.92 Å². The molecule has 2 aromatic carbocycles. The first-order valence-electron chi connectivity index (χ1n) is 10.3. The Kier molecular flexibility index (Phi) is 6.50. The summed E-state index contributed by atoms with van der Waals surface area (Å²) in [5, 5.41) is 4.73. The topological polar surface area (TPSA) is 83.6 Å². The summed E-state index contributed by atoms with van der Waals surface area (Å²) in [5.41, 5.74) is 4.51. The molecule has 0 bridgehead atoms. The molecule has 0 spiro atoms. The lowest BCUT2D eigenvalue weighted by atomic mass is 10.1. The van der Waals surface area contributed by atoms with E-state index >= 15 is 0 Å². The van der Waals surface area contributed by atoms with E-state index in [0.717, 1.165) is 28.1 Å². The van der Waals surface area contributed by atoms with E-state index in [4.69, 9.17) is 14.3 Å². The highest BCUT2D eigenvalue weighted by molar-refractivity contribution is 5.89. The van der Waals surface area contributed by atoms with E-state index in [9.17, 15) is 9.59 Å². The number of furan rings is 1. The average molecular weight is 442 g/mol. The molecule has 0 aliphatic rings. The summed E-state index contributed by atoms with van der Waals surface area (Å²) < 4.78 is 16.9. The van der Waals surface area contributed by atoms with Crippen LogP contribution in [0.2, 0.25) is 0 Å². The minimum atomic E-state index is -0.591. The number of esters is 2. The lowest BCUT2D eigenvalue weighted by molar-refractivity contribution is -0.139. The molecule has 2 aromatic heterocycles. The average Bonchev–Trinajstić information content (AvgIpc) is 3.49. The van der Waals surface area contributed by atoms with Crippen LogP contribution in [0.1, 0.15) is 27.4 Å². The number of nitrogens with zero attached hydrogens (tertiary/aromatic N) is 2. The third kappa shape index (κ3) is 5.27. The molecule has 0 unspecified atom stereocenters. The summed E-state index contributed by atoms with van der Waals surface area (Å²) in [5.74, 6) is -0.746. The molecule has 166 valence electrons. The summed E-state index contributed by atoms with van der Waals surface area (Å²) in [4.78, 5) is 23.7. The zero-order valence-electron chi connectivity index (χ0n) is 18.2. The molecule has 0 aliphatic carbocycles. The molecular weight excluding hydrogens is 420 g/mol. The van der Waals surface area contributed by atoms with Gasteiger partial charge in [-0.2, -0.15) is 5.10 Å². The molecule has 33 heavy (non-hydrogen) atoms. The number of ether oxygens (including phenoxy) is 2. The number of benzene rings is 2. The predicted octanol–water partition coefficient (Wildman–Crippen LogP) is 4.98. The van der Waals surface area contributed by atoms with Crippen molar-refractivity contribution in [3.8, 4) is 16.9 Å². The third-order valence-electron chi connectivity index (χ3n) is 4.89. The van der Waals surface area contributed by atoms with Crippen LogP contribution in [0.15, 0.2) is 83.4 Å². The maximum Gasteiger partial charge on any atom is 0.373 e. The number of hydrogen-bond acceptors (Lipinski definition) is 6. The van der Waals surface area contributed by atoms with E-state index in [1.54, 1.807) is 16.8 Å². The van der Waals surface area contributed by atoms with Gasteiger partial charge in [-0.25, -0.2) is 14.3 Å². The molecule has 0 saturated carbocycles. The summed E-state index contributed by atoms with van der Waals surface area (Å²) in [7, 11) is 1.26. The van der Waals surface area contributed by atoms with Crippen molar-refractivity contribution >= 4 is 18.0 Å². The molecule has 0 fully saturated rings. The number of carbonyl (C=O) groups excluding carboxylic acids is 2. The second-order valence-corrected chi connectivity index (χ2v) is 7.28. The van der Waals surface area contributed by atoms with Gasteiger partial charge in [0.25, 0.3) is 0 Å². The van der Waals surface area contributed by atoms with Crippen LogP contribution in [0.4, 0.5) is 0 Å². The van der Waals surface area contributed by atoms with E-state index in [1.807, 2.05) is 67.7 Å². The van der Waals surface area contributed by atoms with Gasteiger partial charge in [-0.1, -0.05) is 48.0 Å². The summed E-state index contributed by atoms with van der Waals surface area (Å²) in [6, 6.07) is 20.8. The number of aryl methyl sites for hydroxylation is 1. The van der Waals surface area contributed by atoms with Crippen molar-refractivity contribution in [2.75, 3.05) is 7.11 Å². The Labute approximate surface area is 190 Å². The van der Waals surface area contributed by atoms with Gasteiger partial charge in [-0.3, -0.25) is 0 Å². The number of rotatable bonds is 7. The Balaban J connectivity index is 1.52. The van der Waals surface area contributed by atoms with Crippen molar-refractivity contribution < 1.29 is 23.5 Å². The molecule has 4 aromatic rings. The van der Waals surface area contributed by atoms with Gasteiger partial charge in [0, 0.05) is 23.4 Å². The van der Waals surface area contributed by atoms with Crippen LogP contribution in [0.25, 0.3) is 23.0 Å². The molecule has 0 amide bonds. The molecule has 4 rings (SSSR count). The third-order valence-corrected chi connectivity index (χ3v) is 4.89. The standard InChI is InChI=1S/C26H22N2O5/c1-18-8-10-19(11-9-18)25-20(16-28(27-25)21-6-4-3-5-7-21)12-15-24(29)32-17-22-13-14-23(33-22)26(30)31-2/h3-16H,17H2,1-2H3/b15-12+. The highest BCUT2D eigenvalue weighted by Crippen LogP contribution is 2.25. The molecule has 7 nitrogen and oxygen atoms in total. The van der Waals surface area contributed by atoms with Crippen LogP contribution in [-0.2, 0) is 20.9 Å². The van der Waals surface area contributed by atoms with Gasteiger partial charge < -0.3 is 13.9 Å². The first kappa shape index (κ1) is 21.8. The number of aromatic nitrogens is 2. The molecule has 0 radical (unpaired) electrons. The maximum atomic E-state index is 12.3. The minimum Gasteiger partial charge on any atom is -0.463 e. The van der Waals surface area contributed by atoms with Crippen LogP contribution in [0.3, 0.4) is 0 Å². The molecule has 0 atom stereocenters. The van der Waals surface area contributed by atoms with E-state index in [0.29, 0.717) is 5.76 Å². The second-order valence-electron chi connectivity index (χ2n) is 7.28. The molecule has 0 aliphatic heterocycles. The quantitative estimate of drug-likeness (QED) is 0.296. The number of hydrogen-bond donors (Lipinski definition) is 0. The highest BCUT2D eigenvalue weighted by atomic mass is 16.5. The van der Waals surface area contributed by atoms with Crippen LogP contribution < -0.4 is 0 Å². The zero-order valence-corrected chi connectivity index (χ0v) is 18.2. The lowest BCUT2D eigenvalue weighted by Crippen LogP contribution is -2.01. The summed E-state index contributed by atoms with van der Waals surface area (Å²) in [6.07, 6.45) is 4.88. The van der Waals surface area contributed by atoms with Crippen molar-refractivity contribution in [3.63, 3.8) is 0 Å². The largest absolute Gasteiger partial charge is 0.463 e. The molecule has 7 heteroatoms. The van der Waals surface area contributed by atoms with Gasteiger partial charge in [-0.15, -0.1) is 0 Å². The Bertz CT molecular complexity index is 1280. The number of methoxy groups -OCH3 is 1. The lowest BCUT2D eigenvalue weighted by Gasteiger charge is -2.01. The molecular formula is C26H22N2O5. The van der Waals surface area contributed by atoms with Crippen LogP contribution in [0.5, 0.6) is 0 Å². The fourth-order valence-electron chi connectivity index (χ4n) is 3.17. The fraction of sp³-hybridized carbons (Fsp3) is 0.115. The van der Waals surface area contributed by atoms with Gasteiger partial charge >= 0.3 is 11.9 Å². The van der Waals surface area contributed by atoms with Crippen molar-refractivity contribution in [1.82, 2.24) is 9.78 Å². The van der Waals surface area contributed by atoms with Crippen molar-refractivity contribution in [3.05, 3.63) is 102 Å². The Morgan fingerprint density at radius 2 is 1.79 bits per heavy atom. The maximum absolute atomic E-state index is 12.3. The molecule has 0 N–H and O–H groups in total. The first-order chi connectivity index (χ1) is 16.0. The van der Waals surface area contributed by atoms with Crippen molar-refractivity contribution in [1.29, 1.82) is 0 Å². The predicted molar refractivity (Wildman–Crippen MR) is 123 cm³/mol. The van der Waals surface area contributed by atoms with Crippen molar-refractivity contribution in [2.45, 2.75) is 13.5 Å². The van der Waals surface area contributed by atoms with E-state index < -0.39 is 11.9 Å². The summed E-state index contributed by atoms with van der Waals surface area (Å²) >= 11 is 0. The fourth-order valence-corrected chi connectivity index (χ4v) is 3.17. The van der Waals surface area contributed by atoms with Crippen molar-refractivity contribution in [2.24, 2.45) is 0 Å². The second kappa shape index (κ2) is 9.82. The van der Waals surface area contributed by atoms with Gasteiger partial charge in [-0.05, 0) is 37.3 Å². The van der Waals surface area contributed by atoms with Gasteiger partial charge in [0.1, 0.15) is 12.4 Å². The van der Waals surface area contributed by atoms with Gasteiger partial charge in [0.2, 0.25) is 5.76 Å². The minimum absolute atomic E-state index is 0.0511. The Hall–Kier alpha value is -4.39. The normalized spacial score (nSPS) is 11.0. The molecule has 2 heterocycles. The number of para-hydroxylation sites is 1. The van der Waals surface area contributed by atoms with Crippen LogP contribution in [-0.4, -0.2) is 28.8 Å². The van der Waals surface area contributed by atoms with E-state index in [-0.39, 0.29) is 12.4 Å². The number of carbonyl (C=O) groups is 2. The Morgan fingerprint density at radius 3 is 2.52 bits per heavy atom. The molecule has 0 saturated heterocycles. The zero-order chi connectivity index (χ0) is 23.2. The SMILES string of the molecule is COC(=O)c1ccc(COC(=O)/C=C/c2cn(-c3ccccc3)nc2-c2ccc(C)cc2)o1. The van der Waals surface area contributed by atoms with E-state index in [2.05, 4.69) is 4.74 Å². The smallest absolute Gasteiger partial charge is 0.373 e. The highest BCUT2D eigenvalue weighted by Gasteiger charge is 2.13. The first-order valence-corrected chi connectivity index (χ1v) is 10.3. The van der Waals surface area contributed by atoms with E-state index in [1.165, 1.54) is 19.3 Å². The monoisotopic (exact) mass is 442 g/mol. The summed E-state index contributed by atoms with van der Waals surface area (Å²) in [6.45, 7) is 1.92. The Morgan fingerprint density at radius 1 is 1.03 bits per heavy atom.